The Hall–Kier alpha value is -1.91. The van der Waals surface area contributed by atoms with E-state index in [1.165, 1.54) is 6.07 Å². The molecule has 0 unspecified atom stereocenters. The normalized spacial score (nSPS) is 11.7. The Bertz CT molecular complexity index is 855. The number of amides is 1. The van der Waals surface area contributed by atoms with Crippen LogP contribution in [0.2, 0.25) is 0 Å². The largest absolute Gasteiger partial charge is 0.322 e. The Morgan fingerprint density at radius 3 is 2.52 bits per heavy atom. The van der Waals surface area contributed by atoms with Gasteiger partial charge in [0.1, 0.15) is 4.21 Å². The minimum Gasteiger partial charge on any atom is -0.322 e. The molecule has 1 heterocycles. The molecule has 2 rings (SSSR count). The number of sulfonamides is 1. The number of hydrogen-bond donors (Lipinski definition) is 1. The van der Waals surface area contributed by atoms with Crippen LogP contribution in [0.3, 0.4) is 0 Å². The van der Waals surface area contributed by atoms with E-state index in [0.29, 0.717) is 12.5 Å². The van der Waals surface area contributed by atoms with Gasteiger partial charge in [0.05, 0.1) is 12.2 Å². The van der Waals surface area contributed by atoms with E-state index in [-0.39, 0.29) is 10.8 Å². The highest BCUT2D eigenvalue weighted by molar-refractivity contribution is 7.91. The quantitative estimate of drug-likeness (QED) is 0.736. The zero-order chi connectivity index (χ0) is 18.6. The molecule has 0 fully saturated rings. The molecule has 0 saturated heterocycles. The Labute approximate surface area is 147 Å². The van der Waals surface area contributed by atoms with Gasteiger partial charge >= 0.3 is 0 Å². The van der Waals surface area contributed by atoms with Gasteiger partial charge in [-0.05, 0) is 30.0 Å². The molecule has 1 N–H and O–H groups in total. The maximum atomic E-state index is 13.6. The summed E-state index contributed by atoms with van der Waals surface area (Å²) >= 11 is 1.01. The molecule has 0 aliphatic heterocycles. The zero-order valence-corrected chi connectivity index (χ0v) is 14.8. The molecule has 0 aliphatic rings. The molecule has 0 saturated carbocycles. The Kier molecular flexibility index (Phi) is 6.20. The first-order valence-corrected chi connectivity index (χ1v) is 9.56. The van der Waals surface area contributed by atoms with Crippen molar-refractivity contribution in [3.8, 4) is 0 Å². The van der Waals surface area contributed by atoms with Crippen LogP contribution in [0.5, 0.6) is 0 Å². The Morgan fingerprint density at radius 2 is 1.92 bits per heavy atom. The molecule has 25 heavy (non-hydrogen) atoms. The second-order valence-corrected chi connectivity index (χ2v) is 8.15. The summed E-state index contributed by atoms with van der Waals surface area (Å²) in [6.45, 7) is 1.24. The lowest BCUT2D eigenvalue weighted by Gasteiger charge is -2.20. The topological polar surface area (TPSA) is 66.5 Å². The minimum atomic E-state index is -3.87. The molecule has 1 amide bonds. The lowest BCUT2D eigenvalue weighted by Crippen LogP contribution is -2.38. The first kappa shape index (κ1) is 19.4. The average Bonchev–Trinajstić information content (AvgIpc) is 3.10. The van der Waals surface area contributed by atoms with E-state index in [2.05, 4.69) is 5.32 Å². The van der Waals surface area contributed by atoms with E-state index in [0.717, 1.165) is 21.7 Å². The summed E-state index contributed by atoms with van der Waals surface area (Å²) in [5.74, 6) is -5.51. The van der Waals surface area contributed by atoms with Gasteiger partial charge in [0.15, 0.2) is 17.5 Å². The molecular weight excluding hydrogens is 377 g/mol. The number of thiophene rings is 1. The summed E-state index contributed by atoms with van der Waals surface area (Å²) in [7, 11) is -3.87. The molecule has 0 spiro atoms. The van der Waals surface area contributed by atoms with Crippen LogP contribution in [-0.4, -0.2) is 31.7 Å². The number of rotatable bonds is 7. The Morgan fingerprint density at radius 1 is 1.20 bits per heavy atom. The van der Waals surface area contributed by atoms with Crippen molar-refractivity contribution in [1.82, 2.24) is 4.31 Å². The van der Waals surface area contributed by atoms with Gasteiger partial charge in [0.25, 0.3) is 10.0 Å². The Balaban J connectivity index is 2.18. The number of nitrogens with zero attached hydrogens (tertiary/aromatic N) is 1. The van der Waals surface area contributed by atoms with Gasteiger partial charge in [0.2, 0.25) is 5.91 Å². The van der Waals surface area contributed by atoms with Crippen LogP contribution >= 0.6 is 11.3 Å². The monoisotopic (exact) mass is 392 g/mol. The van der Waals surface area contributed by atoms with Crippen LogP contribution in [0.4, 0.5) is 18.9 Å². The predicted molar refractivity (Wildman–Crippen MR) is 88.3 cm³/mol. The highest BCUT2D eigenvalue weighted by Gasteiger charge is 2.27. The van der Waals surface area contributed by atoms with Crippen molar-refractivity contribution in [2.45, 2.75) is 17.6 Å². The summed E-state index contributed by atoms with van der Waals surface area (Å²) < 4.78 is 65.8. The number of anilines is 1. The van der Waals surface area contributed by atoms with Gasteiger partial charge in [-0.2, -0.15) is 4.31 Å². The van der Waals surface area contributed by atoms with Gasteiger partial charge in [0, 0.05) is 6.54 Å². The van der Waals surface area contributed by atoms with Gasteiger partial charge in [-0.1, -0.05) is 13.0 Å². The minimum absolute atomic E-state index is 0.0766. The van der Waals surface area contributed by atoms with Crippen molar-refractivity contribution in [3.05, 3.63) is 47.1 Å². The number of nitrogens with one attached hydrogen (secondary N) is 1. The summed E-state index contributed by atoms with van der Waals surface area (Å²) in [6.07, 6.45) is 0.456. The van der Waals surface area contributed by atoms with E-state index in [1.54, 1.807) is 18.4 Å². The van der Waals surface area contributed by atoms with Crippen molar-refractivity contribution in [2.75, 3.05) is 18.4 Å². The SMILES string of the molecule is CCCN(CC(=O)Nc1ccc(F)c(F)c1F)S(=O)(=O)c1cccs1. The van der Waals surface area contributed by atoms with Crippen molar-refractivity contribution in [1.29, 1.82) is 0 Å². The number of halogens is 3. The standard InChI is InChI=1S/C15H15F3N2O3S2/c1-2-7-20(25(22,23)13-4-3-8-24-13)9-12(21)19-11-6-5-10(16)14(17)15(11)18/h3-6,8H,2,7,9H2,1H3,(H,19,21). The van der Waals surface area contributed by atoms with Gasteiger partial charge in [-0.3, -0.25) is 4.79 Å². The van der Waals surface area contributed by atoms with E-state index in [1.807, 2.05) is 0 Å². The van der Waals surface area contributed by atoms with Crippen LogP contribution < -0.4 is 5.32 Å². The maximum absolute atomic E-state index is 13.6. The highest BCUT2D eigenvalue weighted by Crippen LogP contribution is 2.22. The highest BCUT2D eigenvalue weighted by atomic mass is 32.2. The van der Waals surface area contributed by atoms with Crippen LogP contribution in [-0.2, 0) is 14.8 Å². The number of benzene rings is 1. The molecular formula is C15H15F3N2O3S2. The molecule has 2 aromatic rings. The third kappa shape index (κ3) is 4.39. The third-order valence-electron chi connectivity index (χ3n) is 3.19. The molecule has 1 aromatic carbocycles. The molecule has 0 aliphatic carbocycles. The summed E-state index contributed by atoms with van der Waals surface area (Å²) in [5, 5.41) is 3.65. The number of carbonyl (C=O) groups is 1. The number of carbonyl (C=O) groups excluding carboxylic acids is 1. The van der Waals surface area contributed by atoms with Crippen molar-refractivity contribution in [3.63, 3.8) is 0 Å². The summed E-state index contributed by atoms with van der Waals surface area (Å²) in [6, 6.07) is 4.51. The maximum Gasteiger partial charge on any atom is 0.253 e. The van der Waals surface area contributed by atoms with E-state index in [4.69, 9.17) is 0 Å². The van der Waals surface area contributed by atoms with Crippen LogP contribution in [0.15, 0.2) is 33.9 Å². The fourth-order valence-electron chi connectivity index (χ4n) is 2.04. The van der Waals surface area contributed by atoms with Crippen molar-refractivity contribution in [2.24, 2.45) is 0 Å². The molecule has 5 nitrogen and oxygen atoms in total. The smallest absolute Gasteiger partial charge is 0.253 e. The predicted octanol–water partition coefficient (Wildman–Crippen LogP) is 3.20. The van der Waals surface area contributed by atoms with Gasteiger partial charge < -0.3 is 5.32 Å². The van der Waals surface area contributed by atoms with Crippen molar-refractivity contribution < 1.29 is 26.4 Å². The molecule has 1 aromatic heterocycles. The fraction of sp³-hybridized carbons (Fsp3) is 0.267. The molecule has 136 valence electrons. The second-order valence-electron chi connectivity index (χ2n) is 5.04. The molecule has 0 radical (unpaired) electrons. The van der Waals surface area contributed by atoms with E-state index >= 15 is 0 Å². The third-order valence-corrected chi connectivity index (χ3v) is 6.41. The molecule has 0 atom stereocenters. The van der Waals surface area contributed by atoms with Crippen LogP contribution in [0, 0.1) is 17.5 Å². The zero-order valence-electron chi connectivity index (χ0n) is 13.1. The van der Waals surface area contributed by atoms with E-state index in [9.17, 15) is 26.4 Å². The second kappa shape index (κ2) is 7.98. The molecule has 10 heteroatoms. The van der Waals surface area contributed by atoms with Gasteiger partial charge in [-0.15, -0.1) is 11.3 Å². The fourth-order valence-corrected chi connectivity index (χ4v) is 4.68. The van der Waals surface area contributed by atoms with Gasteiger partial charge in [-0.25, -0.2) is 21.6 Å². The van der Waals surface area contributed by atoms with Crippen LogP contribution in [0.1, 0.15) is 13.3 Å². The average molecular weight is 392 g/mol. The first-order chi connectivity index (χ1) is 11.8. The summed E-state index contributed by atoms with van der Waals surface area (Å²) in [4.78, 5) is 12.1. The van der Waals surface area contributed by atoms with Crippen molar-refractivity contribution >= 4 is 33.0 Å². The van der Waals surface area contributed by atoms with E-state index < -0.39 is 45.6 Å². The number of hydrogen-bond acceptors (Lipinski definition) is 4. The first-order valence-electron chi connectivity index (χ1n) is 7.24. The molecule has 0 bridgehead atoms. The lowest BCUT2D eigenvalue weighted by molar-refractivity contribution is -0.116. The van der Waals surface area contributed by atoms with Crippen LogP contribution in [0.25, 0.3) is 0 Å². The lowest BCUT2D eigenvalue weighted by atomic mass is 10.2. The summed E-state index contributed by atoms with van der Waals surface area (Å²) in [5.41, 5.74) is -0.561.